The van der Waals surface area contributed by atoms with Gasteiger partial charge in [0, 0.05) is 53.0 Å². The standard InChI is InChI=1S/C26H28N4O2/c1-26(11-3-12-26)25(32)29-14-9-17(10-15-29)22-8-13-27-30(22)16-18-6-7-21-23-19(18)4-2-5-20(23)24(31)28-21/h2,4-8,13,17H,3,9-12,14-16H2,1H3,(H,28,31). The Kier molecular flexibility index (Phi) is 4.39. The summed E-state index contributed by atoms with van der Waals surface area (Å²) in [5.41, 5.74) is 3.93. The van der Waals surface area contributed by atoms with Crippen molar-refractivity contribution in [3.63, 3.8) is 0 Å². The zero-order valence-electron chi connectivity index (χ0n) is 18.4. The van der Waals surface area contributed by atoms with Crippen LogP contribution < -0.4 is 5.32 Å². The highest BCUT2D eigenvalue weighted by Crippen LogP contribution is 2.43. The number of anilines is 1. The lowest BCUT2D eigenvalue weighted by atomic mass is 9.69. The van der Waals surface area contributed by atoms with Gasteiger partial charge in [-0.3, -0.25) is 14.3 Å². The van der Waals surface area contributed by atoms with E-state index in [9.17, 15) is 9.59 Å². The molecule has 0 bridgehead atoms. The van der Waals surface area contributed by atoms with E-state index in [4.69, 9.17) is 0 Å². The van der Waals surface area contributed by atoms with Gasteiger partial charge >= 0.3 is 0 Å². The van der Waals surface area contributed by atoms with Gasteiger partial charge < -0.3 is 10.2 Å². The monoisotopic (exact) mass is 428 g/mol. The molecule has 2 aliphatic heterocycles. The number of carbonyl (C=O) groups is 2. The lowest BCUT2D eigenvalue weighted by molar-refractivity contribution is -0.147. The van der Waals surface area contributed by atoms with Crippen LogP contribution in [0.1, 0.15) is 66.6 Å². The molecule has 1 saturated carbocycles. The SMILES string of the molecule is CC1(C(=O)N2CCC(c3ccnn3Cc3ccc4c5c(cccc35)C(=O)N4)CC2)CCC1. The van der Waals surface area contributed by atoms with Crippen LogP contribution in [0.3, 0.4) is 0 Å². The third-order valence-electron chi connectivity index (χ3n) is 7.87. The van der Waals surface area contributed by atoms with Gasteiger partial charge in [-0.1, -0.05) is 31.5 Å². The van der Waals surface area contributed by atoms with Crippen LogP contribution in [0.25, 0.3) is 10.8 Å². The van der Waals surface area contributed by atoms with Crippen LogP contribution in [-0.2, 0) is 11.3 Å². The molecule has 1 aliphatic carbocycles. The first-order valence-corrected chi connectivity index (χ1v) is 11.7. The molecule has 2 aromatic carbocycles. The van der Waals surface area contributed by atoms with Crippen molar-refractivity contribution in [2.75, 3.05) is 18.4 Å². The Labute approximate surface area is 187 Å². The van der Waals surface area contributed by atoms with E-state index in [1.165, 1.54) is 12.1 Å². The van der Waals surface area contributed by atoms with Crippen LogP contribution in [0.4, 0.5) is 5.69 Å². The Morgan fingerprint density at radius 2 is 1.97 bits per heavy atom. The van der Waals surface area contributed by atoms with Crippen molar-refractivity contribution in [1.29, 1.82) is 0 Å². The number of hydrogen-bond acceptors (Lipinski definition) is 3. The topological polar surface area (TPSA) is 67.2 Å². The van der Waals surface area contributed by atoms with E-state index in [1.54, 1.807) is 0 Å². The molecule has 0 radical (unpaired) electrons. The Morgan fingerprint density at radius 3 is 2.72 bits per heavy atom. The minimum Gasteiger partial charge on any atom is -0.342 e. The van der Waals surface area contributed by atoms with E-state index in [-0.39, 0.29) is 11.3 Å². The summed E-state index contributed by atoms with van der Waals surface area (Å²) in [6, 6.07) is 12.2. The first-order valence-electron chi connectivity index (χ1n) is 11.7. The zero-order chi connectivity index (χ0) is 21.9. The Morgan fingerprint density at radius 1 is 1.16 bits per heavy atom. The molecule has 0 unspecified atom stereocenters. The Bertz CT molecular complexity index is 1230. The molecular weight excluding hydrogens is 400 g/mol. The van der Waals surface area contributed by atoms with Crippen LogP contribution in [-0.4, -0.2) is 39.6 Å². The average molecular weight is 429 g/mol. The van der Waals surface area contributed by atoms with Crippen molar-refractivity contribution in [3.05, 3.63) is 59.4 Å². The number of nitrogens with zero attached hydrogens (tertiary/aromatic N) is 3. The van der Waals surface area contributed by atoms with Gasteiger partial charge in [-0.15, -0.1) is 0 Å². The lowest BCUT2D eigenvalue weighted by Gasteiger charge is -2.43. The number of carbonyl (C=O) groups excluding carboxylic acids is 2. The maximum atomic E-state index is 12.9. The number of nitrogens with one attached hydrogen (secondary N) is 1. The molecule has 1 aromatic heterocycles. The van der Waals surface area contributed by atoms with E-state index in [0.717, 1.165) is 66.4 Å². The molecule has 6 rings (SSSR count). The number of rotatable bonds is 4. The number of aromatic nitrogens is 2. The predicted octanol–water partition coefficient (Wildman–Crippen LogP) is 4.55. The lowest BCUT2D eigenvalue weighted by Crippen LogP contribution is -2.48. The second-order valence-electron chi connectivity index (χ2n) is 9.85. The Hall–Kier alpha value is -3.15. The van der Waals surface area contributed by atoms with Crippen molar-refractivity contribution >= 4 is 28.3 Å². The smallest absolute Gasteiger partial charge is 0.256 e. The van der Waals surface area contributed by atoms with Crippen LogP contribution in [0, 0.1) is 5.41 Å². The number of benzene rings is 2. The van der Waals surface area contributed by atoms with Gasteiger partial charge in [0.1, 0.15) is 0 Å². The first-order chi connectivity index (χ1) is 15.5. The minimum atomic E-state index is -0.110. The first kappa shape index (κ1) is 19.5. The van der Waals surface area contributed by atoms with Crippen LogP contribution in [0.5, 0.6) is 0 Å². The second-order valence-corrected chi connectivity index (χ2v) is 9.85. The molecule has 6 nitrogen and oxygen atoms in total. The number of hydrogen-bond donors (Lipinski definition) is 1. The van der Waals surface area contributed by atoms with Gasteiger partial charge in [0.15, 0.2) is 0 Å². The Balaban J connectivity index is 1.22. The molecular formula is C26H28N4O2. The highest BCUT2D eigenvalue weighted by Gasteiger charge is 2.42. The molecule has 3 heterocycles. The quantitative estimate of drug-likeness (QED) is 0.663. The summed E-state index contributed by atoms with van der Waals surface area (Å²) in [5.74, 6) is 0.738. The van der Waals surface area contributed by atoms with Gasteiger partial charge in [-0.25, -0.2) is 0 Å². The van der Waals surface area contributed by atoms with E-state index >= 15 is 0 Å². The molecule has 2 amide bonds. The normalized spacial score (nSPS) is 19.8. The van der Waals surface area contributed by atoms with Crippen LogP contribution >= 0.6 is 0 Å². The van der Waals surface area contributed by atoms with Crippen LogP contribution in [0.2, 0.25) is 0 Å². The van der Waals surface area contributed by atoms with Gasteiger partial charge in [0.2, 0.25) is 5.91 Å². The summed E-state index contributed by atoms with van der Waals surface area (Å²) in [4.78, 5) is 27.2. The number of piperidine rings is 1. The van der Waals surface area contributed by atoms with E-state index in [2.05, 4.69) is 45.1 Å². The van der Waals surface area contributed by atoms with Crippen molar-refractivity contribution in [2.24, 2.45) is 5.41 Å². The van der Waals surface area contributed by atoms with Crippen molar-refractivity contribution in [2.45, 2.75) is 51.5 Å². The van der Waals surface area contributed by atoms with Crippen LogP contribution in [0.15, 0.2) is 42.6 Å². The molecule has 0 atom stereocenters. The molecule has 3 aromatic rings. The van der Waals surface area contributed by atoms with Gasteiger partial charge in [0.05, 0.1) is 6.54 Å². The molecule has 2 fully saturated rings. The molecule has 3 aliphatic rings. The molecule has 0 spiro atoms. The number of amides is 2. The van der Waals surface area contributed by atoms with Gasteiger partial charge in [-0.2, -0.15) is 5.10 Å². The van der Waals surface area contributed by atoms with Crippen molar-refractivity contribution in [3.8, 4) is 0 Å². The van der Waals surface area contributed by atoms with E-state index in [1.807, 2.05) is 24.4 Å². The maximum Gasteiger partial charge on any atom is 0.256 e. The third kappa shape index (κ3) is 2.96. The predicted molar refractivity (Wildman–Crippen MR) is 124 cm³/mol. The van der Waals surface area contributed by atoms with E-state index < -0.39 is 0 Å². The highest BCUT2D eigenvalue weighted by molar-refractivity contribution is 6.24. The van der Waals surface area contributed by atoms with E-state index in [0.29, 0.717) is 18.4 Å². The van der Waals surface area contributed by atoms with Gasteiger partial charge in [-0.05, 0) is 54.8 Å². The summed E-state index contributed by atoms with van der Waals surface area (Å²) < 4.78 is 2.10. The molecule has 1 N–H and O–H groups in total. The van der Waals surface area contributed by atoms with Crippen molar-refractivity contribution < 1.29 is 9.59 Å². The molecule has 32 heavy (non-hydrogen) atoms. The summed E-state index contributed by atoms with van der Waals surface area (Å²) in [6.07, 6.45) is 7.10. The summed E-state index contributed by atoms with van der Waals surface area (Å²) in [6.45, 7) is 4.47. The summed E-state index contributed by atoms with van der Waals surface area (Å²) in [5, 5.41) is 9.72. The fraction of sp³-hybridized carbons (Fsp3) is 0.423. The van der Waals surface area contributed by atoms with Crippen molar-refractivity contribution in [1.82, 2.24) is 14.7 Å². The fourth-order valence-corrected chi connectivity index (χ4v) is 5.75. The minimum absolute atomic E-state index is 0.0282. The summed E-state index contributed by atoms with van der Waals surface area (Å²) >= 11 is 0. The second kappa shape index (κ2) is 7.19. The van der Waals surface area contributed by atoms with Gasteiger partial charge in [0.25, 0.3) is 5.91 Å². The number of likely N-dealkylation sites (tertiary alicyclic amines) is 1. The fourth-order valence-electron chi connectivity index (χ4n) is 5.75. The summed E-state index contributed by atoms with van der Waals surface area (Å²) in [7, 11) is 0. The maximum absolute atomic E-state index is 12.9. The molecule has 1 saturated heterocycles. The molecule has 164 valence electrons. The largest absolute Gasteiger partial charge is 0.342 e. The highest BCUT2D eigenvalue weighted by atomic mass is 16.2. The average Bonchev–Trinajstić information content (AvgIpc) is 3.39. The zero-order valence-corrected chi connectivity index (χ0v) is 18.4. The third-order valence-corrected chi connectivity index (χ3v) is 7.87. The molecule has 6 heteroatoms.